The number of nitrogens with zero attached hydrogens (tertiary/aromatic N) is 2. The Hall–Kier alpha value is -1.79. The van der Waals surface area contributed by atoms with E-state index in [1.54, 1.807) is 0 Å². The van der Waals surface area contributed by atoms with Crippen LogP contribution < -0.4 is 11.1 Å². The Kier molecular flexibility index (Phi) is 5.03. The van der Waals surface area contributed by atoms with Crippen LogP contribution >= 0.6 is 11.3 Å². The number of hydrogen-bond acceptors (Lipinski definition) is 5. The first-order chi connectivity index (χ1) is 9.99. The molecule has 0 fully saturated rings. The molecule has 0 bridgehead atoms. The molecule has 0 saturated carbocycles. The highest BCUT2D eigenvalue weighted by molar-refractivity contribution is 7.15. The summed E-state index contributed by atoms with van der Waals surface area (Å²) in [5, 5.41) is 12.3. The lowest BCUT2D eigenvalue weighted by atomic mass is 9.95. The molecule has 2 rings (SSSR count). The van der Waals surface area contributed by atoms with Crippen molar-refractivity contribution in [3.8, 4) is 0 Å². The molecule has 1 aromatic carbocycles. The molecule has 2 atom stereocenters. The number of aromatic nitrogens is 2. The van der Waals surface area contributed by atoms with Crippen LogP contribution in [0.25, 0.3) is 0 Å². The molecule has 1 aromatic heterocycles. The third-order valence-corrected chi connectivity index (χ3v) is 4.44. The molecule has 0 spiro atoms. The molecule has 3 N–H and O–H groups in total. The molecule has 0 aliphatic rings. The van der Waals surface area contributed by atoms with Gasteiger partial charge in [-0.2, -0.15) is 0 Å². The van der Waals surface area contributed by atoms with E-state index >= 15 is 0 Å². The monoisotopic (exact) mass is 304 g/mol. The van der Waals surface area contributed by atoms with E-state index in [2.05, 4.69) is 15.5 Å². The Morgan fingerprint density at radius 1 is 1.19 bits per heavy atom. The van der Waals surface area contributed by atoms with Crippen LogP contribution in [0.4, 0.5) is 5.13 Å². The summed E-state index contributed by atoms with van der Waals surface area (Å²) in [6, 6.07) is 9.27. The molecule has 0 saturated heterocycles. The van der Waals surface area contributed by atoms with Crippen LogP contribution in [0.1, 0.15) is 43.3 Å². The lowest BCUT2D eigenvalue weighted by molar-refractivity contribution is -0.120. The zero-order valence-corrected chi connectivity index (χ0v) is 13.2. The van der Waals surface area contributed by atoms with Crippen molar-refractivity contribution in [1.82, 2.24) is 10.2 Å². The summed E-state index contributed by atoms with van der Waals surface area (Å²) in [4.78, 5) is 12.3. The van der Waals surface area contributed by atoms with E-state index in [4.69, 9.17) is 5.73 Å². The van der Waals surface area contributed by atoms with E-state index in [1.165, 1.54) is 11.3 Å². The molecule has 6 heteroatoms. The highest BCUT2D eigenvalue weighted by Crippen LogP contribution is 2.24. The Morgan fingerprint density at radius 2 is 1.86 bits per heavy atom. The van der Waals surface area contributed by atoms with Crippen LogP contribution in [0.5, 0.6) is 0 Å². The van der Waals surface area contributed by atoms with Crippen molar-refractivity contribution in [1.29, 1.82) is 0 Å². The van der Waals surface area contributed by atoms with Gasteiger partial charge in [0.2, 0.25) is 11.0 Å². The maximum absolute atomic E-state index is 12.3. The van der Waals surface area contributed by atoms with Gasteiger partial charge in [-0.25, -0.2) is 0 Å². The SMILES string of the molecule is CC(C)c1nnc(NC(=O)C(C)C(N)c2ccccc2)s1. The molecule has 0 aliphatic heterocycles. The van der Waals surface area contributed by atoms with E-state index in [0.29, 0.717) is 11.0 Å². The van der Waals surface area contributed by atoms with Gasteiger partial charge in [-0.3, -0.25) is 4.79 Å². The minimum absolute atomic E-state index is 0.141. The molecule has 21 heavy (non-hydrogen) atoms. The second-order valence-electron chi connectivity index (χ2n) is 5.31. The fourth-order valence-corrected chi connectivity index (χ4v) is 2.61. The van der Waals surface area contributed by atoms with Gasteiger partial charge in [0.1, 0.15) is 5.01 Å². The predicted molar refractivity (Wildman–Crippen MR) is 85.2 cm³/mol. The predicted octanol–water partition coefficient (Wildman–Crippen LogP) is 2.94. The fourth-order valence-electron chi connectivity index (χ4n) is 1.86. The van der Waals surface area contributed by atoms with Crippen LogP contribution in [0.2, 0.25) is 0 Å². The number of hydrogen-bond donors (Lipinski definition) is 2. The molecule has 0 aliphatic carbocycles. The van der Waals surface area contributed by atoms with Crippen LogP contribution in [0.3, 0.4) is 0 Å². The zero-order valence-electron chi connectivity index (χ0n) is 12.4. The normalized spacial score (nSPS) is 14.0. The number of benzene rings is 1. The van der Waals surface area contributed by atoms with Crippen molar-refractivity contribution in [2.75, 3.05) is 5.32 Å². The number of carbonyl (C=O) groups is 1. The Bertz CT molecular complexity index is 597. The minimum atomic E-state index is -0.348. The van der Waals surface area contributed by atoms with Gasteiger partial charge in [0.25, 0.3) is 0 Å². The quantitative estimate of drug-likeness (QED) is 0.890. The summed E-state index contributed by atoms with van der Waals surface area (Å²) >= 11 is 1.40. The van der Waals surface area contributed by atoms with Crippen molar-refractivity contribution >= 4 is 22.4 Å². The lowest BCUT2D eigenvalue weighted by Crippen LogP contribution is -2.30. The summed E-state index contributed by atoms with van der Waals surface area (Å²) in [5.74, 6) is -0.186. The average Bonchev–Trinajstić information content (AvgIpc) is 2.95. The lowest BCUT2D eigenvalue weighted by Gasteiger charge is -2.18. The van der Waals surface area contributed by atoms with Crippen molar-refractivity contribution in [3.63, 3.8) is 0 Å². The second kappa shape index (κ2) is 6.78. The van der Waals surface area contributed by atoms with Crippen LogP contribution in [-0.2, 0) is 4.79 Å². The molecule has 1 heterocycles. The summed E-state index contributed by atoms with van der Waals surface area (Å²) in [5.41, 5.74) is 7.10. The molecule has 5 nitrogen and oxygen atoms in total. The number of amides is 1. The van der Waals surface area contributed by atoms with Crippen LogP contribution in [0.15, 0.2) is 30.3 Å². The number of rotatable bonds is 5. The van der Waals surface area contributed by atoms with Gasteiger partial charge in [-0.1, -0.05) is 62.4 Å². The Morgan fingerprint density at radius 3 is 2.43 bits per heavy atom. The molecule has 2 aromatic rings. The summed E-state index contributed by atoms with van der Waals surface area (Å²) in [6.07, 6.45) is 0. The van der Waals surface area contributed by atoms with E-state index in [0.717, 1.165) is 10.6 Å². The molecular weight excluding hydrogens is 284 g/mol. The van der Waals surface area contributed by atoms with Gasteiger partial charge in [0.05, 0.1) is 5.92 Å². The first-order valence-corrected chi connectivity index (χ1v) is 7.75. The van der Waals surface area contributed by atoms with E-state index in [-0.39, 0.29) is 17.9 Å². The van der Waals surface area contributed by atoms with E-state index < -0.39 is 0 Å². The van der Waals surface area contributed by atoms with Gasteiger partial charge in [-0.05, 0) is 5.56 Å². The molecular formula is C15H20N4OS. The van der Waals surface area contributed by atoms with Gasteiger partial charge >= 0.3 is 0 Å². The number of nitrogens with two attached hydrogens (primary N) is 1. The third kappa shape index (κ3) is 3.86. The molecule has 0 radical (unpaired) electrons. The van der Waals surface area contributed by atoms with Crippen molar-refractivity contribution in [3.05, 3.63) is 40.9 Å². The first kappa shape index (κ1) is 15.6. The summed E-state index contributed by atoms with van der Waals surface area (Å²) < 4.78 is 0. The highest BCUT2D eigenvalue weighted by Gasteiger charge is 2.23. The smallest absolute Gasteiger partial charge is 0.230 e. The number of nitrogens with one attached hydrogen (secondary N) is 1. The van der Waals surface area contributed by atoms with Crippen molar-refractivity contribution in [2.24, 2.45) is 11.7 Å². The van der Waals surface area contributed by atoms with Gasteiger partial charge in [0.15, 0.2) is 0 Å². The van der Waals surface area contributed by atoms with Crippen LogP contribution in [0, 0.1) is 5.92 Å². The fraction of sp³-hybridized carbons (Fsp3) is 0.400. The summed E-state index contributed by atoms with van der Waals surface area (Å²) in [6.45, 7) is 5.90. The van der Waals surface area contributed by atoms with E-state index in [1.807, 2.05) is 51.1 Å². The topological polar surface area (TPSA) is 80.9 Å². The molecule has 112 valence electrons. The average molecular weight is 304 g/mol. The summed E-state index contributed by atoms with van der Waals surface area (Å²) in [7, 11) is 0. The highest BCUT2D eigenvalue weighted by atomic mass is 32.1. The Balaban J connectivity index is 2.02. The first-order valence-electron chi connectivity index (χ1n) is 6.94. The maximum atomic E-state index is 12.3. The zero-order chi connectivity index (χ0) is 15.4. The van der Waals surface area contributed by atoms with Gasteiger partial charge < -0.3 is 11.1 Å². The van der Waals surface area contributed by atoms with Crippen molar-refractivity contribution in [2.45, 2.75) is 32.7 Å². The van der Waals surface area contributed by atoms with Crippen molar-refractivity contribution < 1.29 is 4.79 Å². The minimum Gasteiger partial charge on any atom is -0.323 e. The van der Waals surface area contributed by atoms with Gasteiger partial charge in [0, 0.05) is 12.0 Å². The maximum Gasteiger partial charge on any atom is 0.230 e. The molecule has 2 unspecified atom stereocenters. The number of carbonyl (C=O) groups excluding carboxylic acids is 1. The second-order valence-corrected chi connectivity index (χ2v) is 6.32. The Labute approximate surface area is 128 Å². The largest absolute Gasteiger partial charge is 0.323 e. The van der Waals surface area contributed by atoms with Gasteiger partial charge in [-0.15, -0.1) is 10.2 Å². The van der Waals surface area contributed by atoms with Crippen LogP contribution in [-0.4, -0.2) is 16.1 Å². The molecule has 1 amide bonds. The number of anilines is 1. The van der Waals surface area contributed by atoms with E-state index in [9.17, 15) is 4.79 Å². The third-order valence-electron chi connectivity index (χ3n) is 3.30. The standard InChI is InChI=1S/C15H20N4OS/c1-9(2)14-18-19-15(21-14)17-13(20)10(3)12(16)11-7-5-4-6-8-11/h4-10,12H,16H2,1-3H3,(H,17,19,20).